The summed E-state index contributed by atoms with van der Waals surface area (Å²) in [7, 11) is 1.63. The molecule has 0 saturated heterocycles. The number of unbranched alkanes of at least 4 members (excludes halogenated alkanes) is 1. The van der Waals surface area contributed by atoms with E-state index >= 15 is 0 Å². The number of amides is 2. The van der Waals surface area contributed by atoms with E-state index < -0.39 is 11.9 Å². The highest BCUT2D eigenvalue weighted by Gasteiger charge is 2.60. The highest BCUT2D eigenvalue weighted by Crippen LogP contribution is 2.68. The summed E-state index contributed by atoms with van der Waals surface area (Å²) in [6.07, 6.45) is 20.2. The van der Waals surface area contributed by atoms with Crippen molar-refractivity contribution < 1.29 is 23.8 Å². The van der Waals surface area contributed by atoms with Crippen molar-refractivity contribution in [3.63, 3.8) is 0 Å². The zero-order chi connectivity index (χ0) is 43.2. The van der Waals surface area contributed by atoms with Crippen LogP contribution in [0.5, 0.6) is 0 Å². The Hall–Kier alpha value is -3.06. The molecule has 3 fully saturated rings. The van der Waals surface area contributed by atoms with E-state index in [1.165, 1.54) is 57.8 Å². The smallest absolute Gasteiger partial charge is 0.407 e. The molecule has 0 aromatic rings. The first-order chi connectivity index (χ1) is 28.1. The summed E-state index contributed by atoms with van der Waals surface area (Å²) in [5.41, 5.74) is 19.3. The maximum Gasteiger partial charge on any atom is 0.407 e. The van der Waals surface area contributed by atoms with Crippen LogP contribution in [0.15, 0.2) is 21.6 Å². The number of rotatable bonds is 24. The number of guanidine groups is 2. The van der Waals surface area contributed by atoms with E-state index in [9.17, 15) is 9.59 Å². The highest BCUT2D eigenvalue weighted by atomic mass is 16.7. The third-order valence-electron chi connectivity index (χ3n) is 15.0. The summed E-state index contributed by atoms with van der Waals surface area (Å²) in [6, 6.07) is -0.237. The van der Waals surface area contributed by atoms with Gasteiger partial charge in [-0.1, -0.05) is 65.5 Å². The molecular formula is C46H84N8O5. The Morgan fingerprint density at radius 2 is 1.75 bits per heavy atom. The van der Waals surface area contributed by atoms with Crippen molar-refractivity contribution in [2.24, 2.45) is 73.5 Å². The summed E-state index contributed by atoms with van der Waals surface area (Å²) in [5.74, 6) is 4.36. The maximum atomic E-state index is 13.0. The number of hydrogen-bond acceptors (Lipinski definition) is 7. The van der Waals surface area contributed by atoms with Crippen LogP contribution in [0.1, 0.15) is 145 Å². The molecule has 0 bridgehead atoms. The van der Waals surface area contributed by atoms with Crippen molar-refractivity contribution in [3.05, 3.63) is 11.6 Å². The van der Waals surface area contributed by atoms with Crippen molar-refractivity contribution in [1.29, 1.82) is 0 Å². The van der Waals surface area contributed by atoms with Crippen LogP contribution in [0.2, 0.25) is 0 Å². The quantitative estimate of drug-likeness (QED) is 0.0169. The number of nitrogens with two attached hydrogens (primary N) is 3. The van der Waals surface area contributed by atoms with Crippen molar-refractivity contribution in [1.82, 2.24) is 15.5 Å². The number of carbonyl (C=O) groups is 2. The maximum absolute atomic E-state index is 13.0. The second kappa shape index (κ2) is 22.7. The molecular weight excluding hydrogens is 745 g/mol. The fraction of sp³-hybridized carbons (Fsp3) is 0.870. The molecule has 338 valence electrons. The average molecular weight is 829 g/mol. The highest BCUT2D eigenvalue weighted by molar-refractivity contribution is 5.77. The zero-order valence-corrected chi connectivity index (χ0v) is 38.2. The van der Waals surface area contributed by atoms with Gasteiger partial charge in [0.2, 0.25) is 6.41 Å². The molecule has 13 heteroatoms. The van der Waals surface area contributed by atoms with Crippen LogP contribution in [-0.4, -0.2) is 93.7 Å². The van der Waals surface area contributed by atoms with Gasteiger partial charge in [0, 0.05) is 39.6 Å². The molecule has 0 aliphatic heterocycles. The first kappa shape index (κ1) is 48.6. The SMILES string of the molecule is CCC12CCC(OC(=O)NCCOC(C)(C)OCCN(C=O)CC(CCCCNC(N)=NC)N=C(N)N)CC1=CCC1C2CCC2(C)C(C(C)CCCC(C)C)CCC12. The third kappa shape index (κ3) is 13.5. The number of allylic oxidation sites excluding steroid dienone is 1. The largest absolute Gasteiger partial charge is 0.446 e. The Morgan fingerprint density at radius 1 is 0.983 bits per heavy atom. The van der Waals surface area contributed by atoms with Gasteiger partial charge in [0.15, 0.2) is 17.7 Å². The van der Waals surface area contributed by atoms with E-state index in [-0.39, 0.29) is 36.7 Å². The van der Waals surface area contributed by atoms with E-state index in [0.717, 1.165) is 74.0 Å². The van der Waals surface area contributed by atoms with Gasteiger partial charge in [-0.2, -0.15) is 0 Å². The first-order valence-corrected chi connectivity index (χ1v) is 23.2. The number of ether oxygens (including phenoxy) is 3. The number of alkyl carbamates (subject to hydrolysis) is 1. The van der Waals surface area contributed by atoms with Gasteiger partial charge in [0.05, 0.1) is 19.3 Å². The normalized spacial score (nSPS) is 29.0. The second-order valence-electron chi connectivity index (χ2n) is 19.5. The van der Waals surface area contributed by atoms with Gasteiger partial charge < -0.3 is 46.9 Å². The third-order valence-corrected chi connectivity index (χ3v) is 15.0. The Bertz CT molecular complexity index is 1420. The van der Waals surface area contributed by atoms with Gasteiger partial charge in [-0.25, -0.2) is 9.79 Å². The van der Waals surface area contributed by atoms with Crippen LogP contribution in [0.3, 0.4) is 0 Å². The van der Waals surface area contributed by atoms with Gasteiger partial charge in [-0.15, -0.1) is 0 Å². The van der Waals surface area contributed by atoms with Gasteiger partial charge in [0.25, 0.3) is 0 Å². The molecule has 3 saturated carbocycles. The van der Waals surface area contributed by atoms with E-state index in [2.05, 4.69) is 61.3 Å². The second-order valence-corrected chi connectivity index (χ2v) is 19.5. The fourth-order valence-corrected chi connectivity index (χ4v) is 12.0. The summed E-state index contributed by atoms with van der Waals surface area (Å²) in [5, 5.41) is 5.92. The minimum absolute atomic E-state index is 0.0113. The molecule has 0 aromatic carbocycles. The molecule has 4 rings (SSSR count). The van der Waals surface area contributed by atoms with Crippen molar-refractivity contribution >= 4 is 24.4 Å². The van der Waals surface area contributed by atoms with Crippen molar-refractivity contribution in [2.75, 3.05) is 46.4 Å². The molecule has 9 atom stereocenters. The summed E-state index contributed by atoms with van der Waals surface area (Å²) < 4.78 is 18.0. The van der Waals surface area contributed by atoms with E-state index in [1.54, 1.807) is 17.5 Å². The first-order valence-electron chi connectivity index (χ1n) is 23.2. The number of hydrogen-bond donors (Lipinski definition) is 5. The predicted octanol–water partition coefficient (Wildman–Crippen LogP) is 7.09. The number of carbonyl (C=O) groups excluding carboxylic acids is 2. The van der Waals surface area contributed by atoms with Crippen LogP contribution < -0.4 is 27.8 Å². The van der Waals surface area contributed by atoms with Gasteiger partial charge >= 0.3 is 6.09 Å². The Balaban J connectivity index is 1.17. The molecule has 0 heterocycles. The van der Waals surface area contributed by atoms with Crippen LogP contribution in [0.4, 0.5) is 4.79 Å². The van der Waals surface area contributed by atoms with E-state index in [4.69, 9.17) is 31.4 Å². The average Bonchev–Trinajstić information content (AvgIpc) is 3.55. The summed E-state index contributed by atoms with van der Waals surface area (Å²) in [6.45, 7) is 18.2. The minimum Gasteiger partial charge on any atom is -0.446 e. The molecule has 0 radical (unpaired) electrons. The van der Waals surface area contributed by atoms with Crippen LogP contribution in [0.25, 0.3) is 0 Å². The van der Waals surface area contributed by atoms with E-state index in [0.29, 0.717) is 44.0 Å². The van der Waals surface area contributed by atoms with Crippen LogP contribution in [0, 0.1) is 46.3 Å². The lowest BCUT2D eigenvalue weighted by Gasteiger charge is -2.59. The van der Waals surface area contributed by atoms with Gasteiger partial charge in [-0.05, 0) is 131 Å². The topological polar surface area (TPSA) is 192 Å². The summed E-state index contributed by atoms with van der Waals surface area (Å²) >= 11 is 0. The summed E-state index contributed by atoms with van der Waals surface area (Å²) in [4.78, 5) is 34.7. The lowest BCUT2D eigenvalue weighted by molar-refractivity contribution is -0.213. The molecule has 13 nitrogen and oxygen atoms in total. The van der Waals surface area contributed by atoms with Crippen LogP contribution >= 0.6 is 0 Å². The molecule has 4 aliphatic carbocycles. The van der Waals surface area contributed by atoms with Crippen molar-refractivity contribution in [3.8, 4) is 0 Å². The Morgan fingerprint density at radius 3 is 2.44 bits per heavy atom. The Labute approximate surface area is 357 Å². The number of nitrogens with zero attached hydrogens (tertiary/aromatic N) is 3. The lowest BCUT2D eigenvalue weighted by Crippen LogP contribution is -2.52. The molecule has 0 spiro atoms. The molecule has 2 amide bonds. The monoisotopic (exact) mass is 829 g/mol. The minimum atomic E-state index is -0.921. The number of aliphatic imine (C=N–C) groups is 2. The van der Waals surface area contributed by atoms with Gasteiger partial charge in [-0.3, -0.25) is 9.79 Å². The van der Waals surface area contributed by atoms with Gasteiger partial charge in [0.1, 0.15) is 6.10 Å². The Kier molecular flexibility index (Phi) is 18.7. The molecule has 9 unspecified atom stereocenters. The zero-order valence-electron chi connectivity index (χ0n) is 38.2. The number of fused-ring (bicyclic) bond motifs is 5. The number of nitrogens with one attached hydrogen (secondary N) is 2. The molecule has 4 aliphatic rings. The lowest BCUT2D eigenvalue weighted by atomic mass is 9.46. The standard InChI is InChI=1S/C46H84N8O5/c1-9-46-23-20-36(29-34(46)16-17-37-39-19-18-38(33(4)14-12-13-32(2)3)45(39,7)22-21-40(37)46)59-43(56)52-25-27-57-44(5,6)58-28-26-54(31-55)30-35(53-41(47)48)15-10-11-24-51-42(49)50-8/h16,31-33,35-40H,9-15,17-30H2,1-8H3,(H,52,56)(H4,47,48,53)(H3,49,50,51). The van der Waals surface area contributed by atoms with Crippen molar-refractivity contribution in [2.45, 2.75) is 163 Å². The molecule has 8 N–H and O–H groups in total. The van der Waals surface area contributed by atoms with Crippen LogP contribution in [-0.2, 0) is 19.0 Å². The molecule has 59 heavy (non-hydrogen) atoms. The van der Waals surface area contributed by atoms with E-state index in [1.807, 2.05) is 13.8 Å². The predicted molar refractivity (Wildman–Crippen MR) is 239 cm³/mol. The fourth-order valence-electron chi connectivity index (χ4n) is 12.0. The molecule has 0 aromatic heterocycles.